The van der Waals surface area contributed by atoms with E-state index in [1.165, 1.54) is 0 Å². The molecular formula is C19H19N5O. The van der Waals surface area contributed by atoms with Crippen molar-refractivity contribution in [2.75, 3.05) is 13.1 Å². The van der Waals surface area contributed by atoms with Crippen LogP contribution in [-0.4, -0.2) is 28.5 Å². The predicted molar refractivity (Wildman–Crippen MR) is 95.6 cm³/mol. The van der Waals surface area contributed by atoms with Gasteiger partial charge in [0, 0.05) is 7.05 Å². The molecule has 0 aliphatic carbocycles. The largest absolute Gasteiger partial charge is 0.342 e. The third kappa shape index (κ3) is 3.67. The Hall–Kier alpha value is -3.17. The maximum absolute atomic E-state index is 11.9. The molecule has 0 saturated carbocycles. The van der Waals surface area contributed by atoms with Crippen molar-refractivity contribution in [1.82, 2.24) is 20.2 Å². The van der Waals surface area contributed by atoms with Crippen LogP contribution in [0, 0.1) is 11.3 Å². The molecule has 25 heavy (non-hydrogen) atoms. The Balaban J connectivity index is 1.92. The molecular weight excluding hydrogens is 314 g/mol. The number of nitrogens with one attached hydrogen (secondary N) is 2. The number of carbonyl (C=O) groups is 1. The number of aryl methyl sites for hydroxylation is 1. The van der Waals surface area contributed by atoms with Crippen molar-refractivity contribution in [2.24, 2.45) is 7.05 Å². The molecule has 0 aliphatic rings. The third-order valence-corrected chi connectivity index (χ3v) is 4.04. The van der Waals surface area contributed by atoms with E-state index >= 15 is 0 Å². The number of benzene rings is 2. The molecule has 0 unspecified atom stereocenters. The fourth-order valence-electron chi connectivity index (χ4n) is 2.82. The molecule has 0 fully saturated rings. The second-order valence-corrected chi connectivity index (χ2v) is 5.68. The zero-order chi connectivity index (χ0) is 17.6. The zero-order valence-corrected chi connectivity index (χ0v) is 13.9. The van der Waals surface area contributed by atoms with Gasteiger partial charge in [-0.3, -0.25) is 10.1 Å². The number of carbonyl (C=O) groups excluding carboxylic acids is 1. The zero-order valence-electron chi connectivity index (χ0n) is 13.9. The highest BCUT2D eigenvalue weighted by atomic mass is 16.1. The van der Waals surface area contributed by atoms with E-state index in [1.807, 2.05) is 72.3 Å². The van der Waals surface area contributed by atoms with Crippen molar-refractivity contribution >= 4 is 16.9 Å². The van der Waals surface area contributed by atoms with Crippen molar-refractivity contribution in [1.29, 1.82) is 5.26 Å². The number of nitrogens with zero attached hydrogens (tertiary/aromatic N) is 3. The van der Waals surface area contributed by atoms with E-state index in [0.29, 0.717) is 0 Å². The summed E-state index contributed by atoms with van der Waals surface area (Å²) in [6.45, 7) is 0.104. The lowest BCUT2D eigenvalue weighted by Gasteiger charge is -2.19. The molecule has 0 radical (unpaired) electrons. The monoisotopic (exact) mass is 333 g/mol. The number of aromatic nitrogens is 2. The van der Waals surface area contributed by atoms with Gasteiger partial charge in [-0.2, -0.15) is 5.26 Å². The van der Waals surface area contributed by atoms with Crippen LogP contribution >= 0.6 is 0 Å². The SMILES string of the molecule is Cn1c([C@H](NCC(=O)NCC#N)c2ccccc2)nc2ccccc21. The van der Waals surface area contributed by atoms with Crippen LogP contribution < -0.4 is 10.6 Å². The van der Waals surface area contributed by atoms with Gasteiger partial charge >= 0.3 is 0 Å². The summed E-state index contributed by atoms with van der Waals surface area (Å²) < 4.78 is 2.03. The molecule has 6 nitrogen and oxygen atoms in total. The van der Waals surface area contributed by atoms with E-state index in [-0.39, 0.29) is 25.0 Å². The molecule has 0 spiro atoms. The normalized spacial score (nSPS) is 11.8. The fourth-order valence-corrected chi connectivity index (χ4v) is 2.82. The van der Waals surface area contributed by atoms with Crippen LogP contribution in [-0.2, 0) is 11.8 Å². The summed E-state index contributed by atoms with van der Waals surface area (Å²) >= 11 is 0. The smallest absolute Gasteiger partial charge is 0.234 e. The minimum atomic E-state index is -0.230. The van der Waals surface area contributed by atoms with Crippen LogP contribution in [0.25, 0.3) is 11.0 Å². The summed E-state index contributed by atoms with van der Waals surface area (Å²) in [6.07, 6.45) is 0. The summed E-state index contributed by atoms with van der Waals surface area (Å²) in [6, 6.07) is 19.5. The summed E-state index contributed by atoms with van der Waals surface area (Å²) in [7, 11) is 1.97. The van der Waals surface area contributed by atoms with Gasteiger partial charge in [0.2, 0.25) is 5.91 Å². The fraction of sp³-hybridized carbons (Fsp3) is 0.211. The van der Waals surface area contributed by atoms with Gasteiger partial charge in [0.25, 0.3) is 0 Å². The van der Waals surface area contributed by atoms with E-state index < -0.39 is 0 Å². The van der Waals surface area contributed by atoms with Crippen LogP contribution in [0.4, 0.5) is 0 Å². The second kappa shape index (κ2) is 7.60. The number of imidazole rings is 1. The summed E-state index contributed by atoms with van der Waals surface area (Å²) in [5.41, 5.74) is 2.97. The quantitative estimate of drug-likeness (QED) is 0.675. The van der Waals surface area contributed by atoms with Crippen molar-refractivity contribution < 1.29 is 4.79 Å². The average Bonchev–Trinajstić information content (AvgIpc) is 2.98. The van der Waals surface area contributed by atoms with Crippen molar-refractivity contribution in [3.8, 4) is 6.07 Å². The first-order valence-electron chi connectivity index (χ1n) is 8.04. The highest BCUT2D eigenvalue weighted by Gasteiger charge is 2.21. The maximum Gasteiger partial charge on any atom is 0.234 e. The van der Waals surface area contributed by atoms with Gasteiger partial charge in [0.1, 0.15) is 12.4 Å². The number of hydrogen-bond donors (Lipinski definition) is 2. The first-order valence-corrected chi connectivity index (χ1v) is 8.04. The second-order valence-electron chi connectivity index (χ2n) is 5.68. The molecule has 1 heterocycles. The van der Waals surface area contributed by atoms with E-state index in [9.17, 15) is 4.79 Å². The van der Waals surface area contributed by atoms with Gasteiger partial charge in [-0.25, -0.2) is 4.98 Å². The lowest BCUT2D eigenvalue weighted by atomic mass is 10.1. The van der Waals surface area contributed by atoms with Gasteiger partial charge in [-0.1, -0.05) is 42.5 Å². The minimum absolute atomic E-state index is 0.00279. The molecule has 1 amide bonds. The molecule has 126 valence electrons. The Morgan fingerprint density at radius 1 is 1.20 bits per heavy atom. The molecule has 0 aliphatic heterocycles. The number of rotatable bonds is 6. The van der Waals surface area contributed by atoms with Crippen LogP contribution in [0.2, 0.25) is 0 Å². The van der Waals surface area contributed by atoms with Crippen molar-refractivity contribution in [2.45, 2.75) is 6.04 Å². The number of nitriles is 1. The van der Waals surface area contributed by atoms with Crippen LogP contribution in [0.3, 0.4) is 0 Å². The Morgan fingerprint density at radius 3 is 2.64 bits per heavy atom. The van der Waals surface area contributed by atoms with E-state index in [4.69, 9.17) is 10.2 Å². The molecule has 0 saturated heterocycles. The Morgan fingerprint density at radius 2 is 1.92 bits per heavy atom. The lowest BCUT2D eigenvalue weighted by molar-refractivity contribution is -0.120. The molecule has 0 bridgehead atoms. The first-order chi connectivity index (χ1) is 12.2. The topological polar surface area (TPSA) is 82.7 Å². The van der Waals surface area contributed by atoms with E-state index in [2.05, 4.69) is 10.6 Å². The molecule has 2 aromatic carbocycles. The molecule has 1 aromatic heterocycles. The Labute approximate surface area is 146 Å². The van der Waals surface area contributed by atoms with Crippen molar-refractivity contribution in [3.63, 3.8) is 0 Å². The van der Waals surface area contributed by atoms with Crippen LogP contribution in [0.5, 0.6) is 0 Å². The minimum Gasteiger partial charge on any atom is -0.342 e. The number of amides is 1. The van der Waals surface area contributed by atoms with Gasteiger partial charge in [0.15, 0.2) is 0 Å². The highest BCUT2D eigenvalue weighted by Crippen LogP contribution is 2.24. The van der Waals surface area contributed by atoms with Gasteiger partial charge in [-0.15, -0.1) is 0 Å². The van der Waals surface area contributed by atoms with E-state index in [0.717, 1.165) is 22.4 Å². The summed E-state index contributed by atoms with van der Waals surface area (Å²) in [5.74, 6) is 0.613. The number of fused-ring (bicyclic) bond motifs is 1. The van der Waals surface area contributed by atoms with Crippen molar-refractivity contribution in [3.05, 3.63) is 66.0 Å². The average molecular weight is 333 g/mol. The first kappa shape index (κ1) is 16.7. The summed E-state index contributed by atoms with van der Waals surface area (Å²) in [4.78, 5) is 16.6. The predicted octanol–water partition coefficient (Wildman–Crippen LogP) is 1.89. The van der Waals surface area contributed by atoms with E-state index in [1.54, 1.807) is 0 Å². The number of hydrogen-bond acceptors (Lipinski definition) is 4. The maximum atomic E-state index is 11.9. The standard InChI is InChI=1S/C19H19N5O/c1-24-16-10-6-5-9-15(16)23-19(24)18(14-7-3-2-4-8-14)22-13-17(25)21-12-11-20/h2-10,18,22H,12-13H2,1H3,(H,21,25)/t18-/m1/s1. The third-order valence-electron chi connectivity index (χ3n) is 4.04. The summed E-state index contributed by atoms with van der Waals surface area (Å²) in [5, 5.41) is 14.4. The van der Waals surface area contributed by atoms with Gasteiger partial charge in [0.05, 0.1) is 29.7 Å². The Kier molecular flexibility index (Phi) is 5.07. The molecule has 3 rings (SSSR count). The van der Waals surface area contributed by atoms with Gasteiger partial charge < -0.3 is 9.88 Å². The lowest BCUT2D eigenvalue weighted by Crippen LogP contribution is -2.37. The molecule has 6 heteroatoms. The van der Waals surface area contributed by atoms with Crippen LogP contribution in [0.15, 0.2) is 54.6 Å². The molecule has 2 N–H and O–H groups in total. The molecule has 1 atom stereocenters. The highest BCUT2D eigenvalue weighted by molar-refractivity contribution is 5.78. The van der Waals surface area contributed by atoms with Gasteiger partial charge in [-0.05, 0) is 17.7 Å². The Bertz CT molecular complexity index is 910. The van der Waals surface area contributed by atoms with Crippen LogP contribution in [0.1, 0.15) is 17.4 Å². The molecule has 3 aromatic rings. The number of para-hydroxylation sites is 2.